The van der Waals surface area contributed by atoms with Crippen molar-refractivity contribution >= 4 is 5.91 Å². The lowest BCUT2D eigenvalue weighted by Gasteiger charge is -2.46. The van der Waals surface area contributed by atoms with Gasteiger partial charge in [0.2, 0.25) is 0 Å². The molecule has 23 heavy (non-hydrogen) atoms. The molecule has 1 amide bonds. The van der Waals surface area contributed by atoms with E-state index in [1.54, 1.807) is 11.0 Å². The molecule has 1 atom stereocenters. The Morgan fingerprint density at radius 3 is 2.78 bits per heavy atom. The Balaban J connectivity index is 1.60. The minimum absolute atomic E-state index is 0.000822. The Morgan fingerprint density at radius 1 is 1.43 bits per heavy atom. The van der Waals surface area contributed by atoms with Gasteiger partial charge in [-0.1, -0.05) is 0 Å². The molecule has 6 nitrogen and oxygen atoms in total. The SMILES string of the molecule is CN(C)C[C@@H]1CC(F)(F)CN1C1CN(C(=O)c2ccncn2)C1. The Kier molecular flexibility index (Phi) is 4.29. The van der Waals surface area contributed by atoms with Crippen molar-refractivity contribution in [2.45, 2.75) is 24.4 Å². The summed E-state index contributed by atoms with van der Waals surface area (Å²) in [4.78, 5) is 25.4. The fourth-order valence-corrected chi connectivity index (χ4v) is 3.35. The van der Waals surface area contributed by atoms with Crippen molar-refractivity contribution in [1.82, 2.24) is 24.7 Å². The summed E-state index contributed by atoms with van der Waals surface area (Å²) < 4.78 is 27.6. The summed E-state index contributed by atoms with van der Waals surface area (Å²) in [5.74, 6) is -2.81. The molecule has 0 saturated carbocycles. The van der Waals surface area contributed by atoms with E-state index in [0.717, 1.165) is 0 Å². The van der Waals surface area contributed by atoms with Crippen molar-refractivity contribution in [3.8, 4) is 0 Å². The highest BCUT2D eigenvalue weighted by Gasteiger charge is 2.50. The van der Waals surface area contributed by atoms with Gasteiger partial charge in [0.1, 0.15) is 12.0 Å². The van der Waals surface area contributed by atoms with Crippen molar-refractivity contribution in [3.05, 3.63) is 24.3 Å². The first kappa shape index (κ1) is 16.2. The van der Waals surface area contributed by atoms with E-state index in [0.29, 0.717) is 25.3 Å². The van der Waals surface area contributed by atoms with Crippen LogP contribution in [0.5, 0.6) is 0 Å². The van der Waals surface area contributed by atoms with Crippen LogP contribution in [0.25, 0.3) is 0 Å². The number of alkyl halides is 2. The second-order valence-corrected chi connectivity index (χ2v) is 6.61. The van der Waals surface area contributed by atoms with E-state index < -0.39 is 5.92 Å². The van der Waals surface area contributed by atoms with Crippen LogP contribution in [0, 0.1) is 0 Å². The fraction of sp³-hybridized carbons (Fsp3) is 0.667. The van der Waals surface area contributed by atoms with Gasteiger partial charge >= 0.3 is 0 Å². The first-order valence-electron chi connectivity index (χ1n) is 7.69. The Bertz CT molecular complexity index is 562. The number of likely N-dealkylation sites (tertiary alicyclic amines) is 2. The second kappa shape index (κ2) is 6.09. The van der Waals surface area contributed by atoms with Crippen LogP contribution in [0.2, 0.25) is 0 Å². The number of rotatable bonds is 4. The van der Waals surface area contributed by atoms with Crippen molar-refractivity contribution in [1.29, 1.82) is 0 Å². The zero-order chi connectivity index (χ0) is 16.6. The lowest BCUT2D eigenvalue weighted by Crippen LogP contribution is -2.63. The van der Waals surface area contributed by atoms with Gasteiger partial charge < -0.3 is 9.80 Å². The van der Waals surface area contributed by atoms with Crippen LogP contribution < -0.4 is 0 Å². The third-order valence-electron chi connectivity index (χ3n) is 4.41. The van der Waals surface area contributed by atoms with Crippen molar-refractivity contribution < 1.29 is 13.6 Å². The number of amides is 1. The molecule has 3 rings (SSSR count). The number of aromatic nitrogens is 2. The topological polar surface area (TPSA) is 52.6 Å². The van der Waals surface area contributed by atoms with Crippen LogP contribution in [-0.4, -0.2) is 88.9 Å². The van der Waals surface area contributed by atoms with Gasteiger partial charge in [0, 0.05) is 44.3 Å². The number of hydrogen-bond acceptors (Lipinski definition) is 5. The highest BCUT2D eigenvalue weighted by atomic mass is 19.3. The average Bonchev–Trinajstić information content (AvgIpc) is 2.72. The lowest BCUT2D eigenvalue weighted by molar-refractivity contribution is -0.0116. The molecule has 0 N–H and O–H groups in total. The quantitative estimate of drug-likeness (QED) is 0.810. The standard InChI is InChI=1S/C15H21F2N5O/c1-20(2)6-11-5-15(16,17)9-22(11)12-7-21(8-12)14(23)13-3-4-18-10-19-13/h3-4,10-12H,5-9H2,1-2H3/t11-/m0/s1. The van der Waals surface area contributed by atoms with E-state index in [-0.39, 0.29) is 31.0 Å². The number of likely N-dealkylation sites (N-methyl/N-ethyl adjacent to an activating group) is 1. The molecule has 0 unspecified atom stereocenters. The van der Waals surface area contributed by atoms with Gasteiger partial charge in [0.05, 0.1) is 6.54 Å². The van der Waals surface area contributed by atoms with Crippen LogP contribution in [0.15, 0.2) is 18.6 Å². The molecule has 0 bridgehead atoms. The van der Waals surface area contributed by atoms with Gasteiger partial charge in [-0.3, -0.25) is 9.69 Å². The van der Waals surface area contributed by atoms with Gasteiger partial charge in [-0.05, 0) is 20.2 Å². The van der Waals surface area contributed by atoms with E-state index in [1.807, 2.05) is 23.9 Å². The molecule has 3 heterocycles. The zero-order valence-corrected chi connectivity index (χ0v) is 13.3. The van der Waals surface area contributed by atoms with Crippen LogP contribution in [0.4, 0.5) is 8.78 Å². The molecule has 1 aromatic rings. The maximum atomic E-state index is 13.8. The molecular formula is C15H21F2N5O. The highest BCUT2D eigenvalue weighted by Crippen LogP contribution is 2.35. The Labute approximate surface area is 134 Å². The summed E-state index contributed by atoms with van der Waals surface area (Å²) in [6.45, 7) is 1.34. The predicted octanol–water partition coefficient (Wildman–Crippen LogP) is 0.572. The summed E-state index contributed by atoms with van der Waals surface area (Å²) in [7, 11) is 3.78. The largest absolute Gasteiger partial charge is 0.334 e. The molecule has 8 heteroatoms. The first-order chi connectivity index (χ1) is 10.9. The predicted molar refractivity (Wildman–Crippen MR) is 80.3 cm³/mol. The minimum atomic E-state index is -2.64. The molecule has 2 saturated heterocycles. The van der Waals surface area contributed by atoms with Crippen LogP contribution in [-0.2, 0) is 0 Å². The molecule has 0 spiro atoms. The van der Waals surface area contributed by atoms with Crippen molar-refractivity contribution in [2.24, 2.45) is 0 Å². The number of carbonyl (C=O) groups is 1. The van der Waals surface area contributed by atoms with E-state index in [9.17, 15) is 13.6 Å². The van der Waals surface area contributed by atoms with E-state index >= 15 is 0 Å². The van der Waals surface area contributed by atoms with Gasteiger partial charge in [0.15, 0.2) is 0 Å². The molecule has 1 aromatic heterocycles. The van der Waals surface area contributed by atoms with E-state index in [2.05, 4.69) is 9.97 Å². The van der Waals surface area contributed by atoms with Crippen molar-refractivity contribution in [3.63, 3.8) is 0 Å². The zero-order valence-electron chi connectivity index (χ0n) is 13.3. The molecular weight excluding hydrogens is 304 g/mol. The minimum Gasteiger partial charge on any atom is -0.334 e. The van der Waals surface area contributed by atoms with Crippen molar-refractivity contribution in [2.75, 3.05) is 40.3 Å². The summed E-state index contributed by atoms with van der Waals surface area (Å²) in [6.07, 6.45) is 2.74. The normalized spacial score (nSPS) is 24.9. The van der Waals surface area contributed by atoms with E-state index in [4.69, 9.17) is 0 Å². The van der Waals surface area contributed by atoms with Gasteiger partial charge in [-0.2, -0.15) is 0 Å². The monoisotopic (exact) mass is 325 g/mol. The van der Waals surface area contributed by atoms with Gasteiger partial charge in [-0.25, -0.2) is 18.7 Å². The summed E-state index contributed by atoms with van der Waals surface area (Å²) >= 11 is 0. The Hall–Kier alpha value is -1.67. The smallest absolute Gasteiger partial charge is 0.272 e. The Morgan fingerprint density at radius 2 is 2.17 bits per heavy atom. The number of halogens is 2. The highest BCUT2D eigenvalue weighted by molar-refractivity contribution is 5.92. The molecule has 126 valence electrons. The van der Waals surface area contributed by atoms with E-state index in [1.165, 1.54) is 12.5 Å². The maximum Gasteiger partial charge on any atom is 0.272 e. The van der Waals surface area contributed by atoms with Crippen LogP contribution in [0.1, 0.15) is 16.9 Å². The van der Waals surface area contributed by atoms with Gasteiger partial charge in [0.25, 0.3) is 11.8 Å². The third kappa shape index (κ3) is 3.48. The number of nitrogens with zero attached hydrogens (tertiary/aromatic N) is 5. The average molecular weight is 325 g/mol. The lowest BCUT2D eigenvalue weighted by atomic mass is 10.0. The first-order valence-corrected chi connectivity index (χ1v) is 7.69. The molecule has 0 aromatic carbocycles. The molecule has 0 aliphatic carbocycles. The summed E-state index contributed by atoms with van der Waals surface area (Å²) in [5, 5.41) is 0. The maximum absolute atomic E-state index is 13.8. The molecule has 2 aliphatic rings. The van der Waals surface area contributed by atoms with Crippen LogP contribution in [0.3, 0.4) is 0 Å². The molecule has 2 aliphatic heterocycles. The fourth-order valence-electron chi connectivity index (χ4n) is 3.35. The van der Waals surface area contributed by atoms with Gasteiger partial charge in [-0.15, -0.1) is 0 Å². The second-order valence-electron chi connectivity index (χ2n) is 6.61. The third-order valence-corrected chi connectivity index (χ3v) is 4.41. The molecule has 0 radical (unpaired) electrons. The summed E-state index contributed by atoms with van der Waals surface area (Å²) in [6, 6.07) is 1.40. The number of carbonyl (C=O) groups excluding carboxylic acids is 1. The summed E-state index contributed by atoms with van der Waals surface area (Å²) in [5.41, 5.74) is 0.343. The van der Waals surface area contributed by atoms with Crippen LogP contribution >= 0.6 is 0 Å². The number of hydrogen-bond donors (Lipinski definition) is 0. The molecule has 2 fully saturated rings.